The maximum Gasteiger partial charge on any atom is 0.258 e. The Bertz CT molecular complexity index is 432. The molecular formula is C13H19NO3. The van der Waals surface area contributed by atoms with Crippen LogP contribution in [-0.4, -0.2) is 35.1 Å². The quantitative estimate of drug-likeness (QED) is 0.868. The number of carbonyl (C=O) groups is 1. The van der Waals surface area contributed by atoms with Gasteiger partial charge >= 0.3 is 0 Å². The van der Waals surface area contributed by atoms with Crippen LogP contribution in [0.2, 0.25) is 0 Å². The molecule has 1 amide bonds. The third-order valence-electron chi connectivity index (χ3n) is 3.36. The summed E-state index contributed by atoms with van der Waals surface area (Å²) < 4.78 is 5.48. The van der Waals surface area contributed by atoms with Crippen LogP contribution in [-0.2, 0) is 0 Å². The second-order valence-electron chi connectivity index (χ2n) is 4.67. The Hall–Kier alpha value is -1.29. The van der Waals surface area contributed by atoms with Gasteiger partial charge in [0.15, 0.2) is 0 Å². The Morgan fingerprint density at radius 1 is 1.35 bits per heavy atom. The van der Waals surface area contributed by atoms with Crippen molar-refractivity contribution in [2.24, 2.45) is 0 Å². The fraction of sp³-hybridized carbons (Fsp3) is 0.615. The van der Waals surface area contributed by atoms with Crippen molar-refractivity contribution in [2.45, 2.75) is 39.7 Å². The molecule has 1 aromatic rings. The molecule has 2 rings (SSSR count). The molecule has 4 heteroatoms. The van der Waals surface area contributed by atoms with Crippen LogP contribution in [0.15, 0.2) is 4.42 Å². The highest BCUT2D eigenvalue weighted by atomic mass is 16.3. The van der Waals surface area contributed by atoms with Crippen LogP contribution in [0.5, 0.6) is 0 Å². The highest BCUT2D eigenvalue weighted by Gasteiger charge is 2.34. The first-order chi connectivity index (χ1) is 8.06. The Balaban J connectivity index is 2.28. The molecule has 1 saturated carbocycles. The number of aliphatic hydroxyl groups excluding tert-OH is 1. The van der Waals surface area contributed by atoms with Gasteiger partial charge in [-0.25, -0.2) is 0 Å². The van der Waals surface area contributed by atoms with Gasteiger partial charge < -0.3 is 14.4 Å². The van der Waals surface area contributed by atoms with Crippen LogP contribution in [0.3, 0.4) is 0 Å². The number of rotatable bonds is 4. The van der Waals surface area contributed by atoms with Crippen LogP contribution in [0.1, 0.15) is 40.3 Å². The smallest absolute Gasteiger partial charge is 0.258 e. The van der Waals surface area contributed by atoms with E-state index in [2.05, 4.69) is 0 Å². The predicted octanol–water partition coefficient (Wildman–Crippen LogP) is 1.80. The highest BCUT2D eigenvalue weighted by molar-refractivity contribution is 5.97. The Morgan fingerprint density at radius 3 is 2.41 bits per heavy atom. The van der Waals surface area contributed by atoms with E-state index in [4.69, 9.17) is 9.52 Å². The van der Waals surface area contributed by atoms with Gasteiger partial charge in [-0.15, -0.1) is 0 Å². The minimum absolute atomic E-state index is 0.00611. The number of hydrogen-bond donors (Lipinski definition) is 1. The molecule has 0 radical (unpaired) electrons. The van der Waals surface area contributed by atoms with Crippen molar-refractivity contribution in [3.8, 4) is 0 Å². The van der Waals surface area contributed by atoms with Gasteiger partial charge in [-0.05, 0) is 33.6 Å². The number of nitrogens with zero attached hydrogens (tertiary/aromatic N) is 1. The maximum absolute atomic E-state index is 12.4. The SMILES string of the molecule is Cc1oc(C)c(C(=O)N(CCO)C2CC2)c1C. The Kier molecular flexibility index (Phi) is 3.24. The third kappa shape index (κ3) is 2.22. The van der Waals surface area contributed by atoms with Gasteiger partial charge in [0.1, 0.15) is 11.5 Å². The molecule has 1 fully saturated rings. The lowest BCUT2D eigenvalue weighted by Gasteiger charge is -2.21. The Morgan fingerprint density at radius 2 is 2.00 bits per heavy atom. The van der Waals surface area contributed by atoms with Crippen molar-refractivity contribution in [1.82, 2.24) is 4.90 Å². The maximum atomic E-state index is 12.4. The molecule has 0 aliphatic heterocycles. The molecule has 1 aliphatic carbocycles. The molecule has 1 N–H and O–H groups in total. The van der Waals surface area contributed by atoms with Gasteiger partial charge in [-0.2, -0.15) is 0 Å². The summed E-state index contributed by atoms with van der Waals surface area (Å²) in [7, 11) is 0. The van der Waals surface area contributed by atoms with Crippen LogP contribution < -0.4 is 0 Å². The van der Waals surface area contributed by atoms with Gasteiger partial charge in [-0.3, -0.25) is 4.79 Å². The van der Waals surface area contributed by atoms with Gasteiger partial charge in [0, 0.05) is 18.2 Å². The summed E-state index contributed by atoms with van der Waals surface area (Å²) in [6, 6.07) is 0.309. The van der Waals surface area contributed by atoms with E-state index in [1.165, 1.54) is 0 Å². The van der Waals surface area contributed by atoms with E-state index >= 15 is 0 Å². The minimum atomic E-state index is -0.00611. The summed E-state index contributed by atoms with van der Waals surface area (Å²) in [6.45, 7) is 6.01. The second kappa shape index (κ2) is 4.53. The van der Waals surface area contributed by atoms with Crippen LogP contribution in [0.4, 0.5) is 0 Å². The molecule has 1 aromatic heterocycles. The molecular weight excluding hydrogens is 218 g/mol. The molecule has 17 heavy (non-hydrogen) atoms. The summed E-state index contributed by atoms with van der Waals surface area (Å²) in [5, 5.41) is 9.04. The number of amides is 1. The fourth-order valence-corrected chi connectivity index (χ4v) is 2.20. The molecule has 4 nitrogen and oxygen atoms in total. The van der Waals surface area contributed by atoms with E-state index in [1.807, 2.05) is 20.8 Å². The first kappa shape index (κ1) is 12.2. The predicted molar refractivity (Wildman–Crippen MR) is 64.1 cm³/mol. The number of carbonyl (C=O) groups excluding carboxylic acids is 1. The van der Waals surface area contributed by atoms with Crippen molar-refractivity contribution >= 4 is 5.91 Å². The lowest BCUT2D eigenvalue weighted by molar-refractivity contribution is 0.0705. The Labute approximate surface area is 101 Å². The van der Waals surface area contributed by atoms with Gasteiger partial charge in [0.2, 0.25) is 0 Å². The van der Waals surface area contributed by atoms with Crippen molar-refractivity contribution < 1.29 is 14.3 Å². The van der Waals surface area contributed by atoms with Crippen LogP contribution in [0.25, 0.3) is 0 Å². The van der Waals surface area contributed by atoms with E-state index < -0.39 is 0 Å². The van der Waals surface area contributed by atoms with Crippen molar-refractivity contribution in [3.05, 3.63) is 22.6 Å². The van der Waals surface area contributed by atoms with Gasteiger partial charge in [-0.1, -0.05) is 0 Å². The summed E-state index contributed by atoms with van der Waals surface area (Å²) in [6.07, 6.45) is 2.08. The van der Waals surface area contributed by atoms with E-state index in [-0.39, 0.29) is 12.5 Å². The molecule has 0 saturated heterocycles. The highest BCUT2D eigenvalue weighted by Crippen LogP contribution is 2.30. The lowest BCUT2D eigenvalue weighted by Crippen LogP contribution is -2.36. The standard InChI is InChI=1S/C13H19NO3/c1-8-9(2)17-10(3)12(8)13(16)14(6-7-15)11-4-5-11/h11,15H,4-7H2,1-3H3. The fourth-order valence-electron chi connectivity index (χ4n) is 2.20. The summed E-state index contributed by atoms with van der Waals surface area (Å²) >= 11 is 0. The number of aliphatic hydroxyl groups is 1. The summed E-state index contributed by atoms with van der Waals surface area (Å²) in [5.41, 5.74) is 1.58. The number of hydrogen-bond acceptors (Lipinski definition) is 3. The number of aryl methyl sites for hydroxylation is 2. The molecule has 0 bridgehead atoms. The van der Waals surface area contributed by atoms with E-state index in [0.717, 1.165) is 24.2 Å². The molecule has 0 unspecified atom stereocenters. The average Bonchev–Trinajstić information content (AvgIpc) is 3.05. The van der Waals surface area contributed by atoms with Gasteiger partial charge in [0.25, 0.3) is 5.91 Å². The molecule has 94 valence electrons. The van der Waals surface area contributed by atoms with E-state index in [0.29, 0.717) is 23.9 Å². The van der Waals surface area contributed by atoms with Crippen molar-refractivity contribution in [2.75, 3.05) is 13.2 Å². The van der Waals surface area contributed by atoms with Gasteiger partial charge in [0.05, 0.1) is 12.2 Å². The zero-order valence-electron chi connectivity index (χ0n) is 10.6. The molecule has 1 aliphatic rings. The molecule has 1 heterocycles. The zero-order chi connectivity index (χ0) is 12.6. The van der Waals surface area contributed by atoms with E-state index in [9.17, 15) is 4.79 Å². The number of furan rings is 1. The largest absolute Gasteiger partial charge is 0.466 e. The first-order valence-electron chi connectivity index (χ1n) is 6.04. The normalized spacial score (nSPS) is 15.1. The summed E-state index contributed by atoms with van der Waals surface area (Å²) in [4.78, 5) is 14.2. The summed E-state index contributed by atoms with van der Waals surface area (Å²) in [5.74, 6) is 1.47. The third-order valence-corrected chi connectivity index (χ3v) is 3.36. The molecule has 0 spiro atoms. The second-order valence-corrected chi connectivity index (χ2v) is 4.67. The first-order valence-corrected chi connectivity index (χ1v) is 6.04. The monoisotopic (exact) mass is 237 g/mol. The lowest BCUT2D eigenvalue weighted by atomic mass is 10.1. The average molecular weight is 237 g/mol. The molecule has 0 aromatic carbocycles. The van der Waals surface area contributed by atoms with Crippen LogP contribution in [0, 0.1) is 20.8 Å². The van der Waals surface area contributed by atoms with Crippen molar-refractivity contribution in [1.29, 1.82) is 0 Å². The van der Waals surface area contributed by atoms with Crippen molar-refractivity contribution in [3.63, 3.8) is 0 Å². The minimum Gasteiger partial charge on any atom is -0.466 e. The molecule has 0 atom stereocenters. The van der Waals surface area contributed by atoms with E-state index in [1.54, 1.807) is 4.90 Å². The zero-order valence-corrected chi connectivity index (χ0v) is 10.6. The topological polar surface area (TPSA) is 53.7 Å². The van der Waals surface area contributed by atoms with Crippen LogP contribution >= 0.6 is 0 Å².